The van der Waals surface area contributed by atoms with Crippen molar-refractivity contribution in [2.45, 2.75) is 26.8 Å². The minimum Gasteiger partial charge on any atom is -0.353 e. The van der Waals surface area contributed by atoms with E-state index in [1.807, 2.05) is 0 Å². The normalized spacial score (nSPS) is 12.7. The summed E-state index contributed by atoms with van der Waals surface area (Å²) in [5.74, 6) is -0.0399. The van der Waals surface area contributed by atoms with Gasteiger partial charge < -0.3 is 10.2 Å². The van der Waals surface area contributed by atoms with Gasteiger partial charge in [-0.2, -0.15) is 5.10 Å². The number of carbonyl (C=O) groups is 1. The quantitative estimate of drug-likeness (QED) is 0.819. The fourth-order valence-corrected chi connectivity index (χ4v) is 1.82. The fourth-order valence-electron chi connectivity index (χ4n) is 1.67. The highest BCUT2D eigenvalue weighted by Crippen LogP contribution is 2.10. The summed E-state index contributed by atoms with van der Waals surface area (Å²) < 4.78 is 1.56. The van der Waals surface area contributed by atoms with E-state index < -0.39 is 0 Å². The van der Waals surface area contributed by atoms with Crippen molar-refractivity contribution < 1.29 is 4.79 Å². The summed E-state index contributed by atoms with van der Waals surface area (Å²) >= 11 is 5.77. The first kappa shape index (κ1) is 15.0. The zero-order valence-corrected chi connectivity index (χ0v) is 11.9. The van der Waals surface area contributed by atoms with Gasteiger partial charge in [-0.25, -0.2) is 0 Å². The van der Waals surface area contributed by atoms with E-state index in [1.165, 1.54) is 6.20 Å². The maximum atomic E-state index is 11.9. The fraction of sp³-hybridized carbons (Fsp3) is 0.667. The van der Waals surface area contributed by atoms with E-state index in [9.17, 15) is 4.79 Å². The molecular formula is C12H21ClN4O. The molecule has 1 aromatic rings. The summed E-state index contributed by atoms with van der Waals surface area (Å²) in [7, 11) is 0. The Morgan fingerprint density at radius 2 is 2.22 bits per heavy atom. The number of hydrogen-bond acceptors (Lipinski definition) is 3. The van der Waals surface area contributed by atoms with Crippen molar-refractivity contribution in [2.75, 3.05) is 26.2 Å². The highest BCUT2D eigenvalue weighted by atomic mass is 35.5. The van der Waals surface area contributed by atoms with E-state index in [0.29, 0.717) is 11.6 Å². The lowest BCUT2D eigenvalue weighted by molar-refractivity contribution is -0.124. The second-order valence-electron chi connectivity index (χ2n) is 4.13. The first-order chi connectivity index (χ1) is 8.58. The van der Waals surface area contributed by atoms with Crippen molar-refractivity contribution in [3.8, 4) is 0 Å². The van der Waals surface area contributed by atoms with Crippen LogP contribution < -0.4 is 5.32 Å². The molecule has 0 aliphatic rings. The maximum absolute atomic E-state index is 11.9. The Balaban J connectivity index is 2.36. The second kappa shape index (κ2) is 7.38. The van der Waals surface area contributed by atoms with Crippen molar-refractivity contribution in [2.24, 2.45) is 0 Å². The summed E-state index contributed by atoms with van der Waals surface area (Å²) in [4.78, 5) is 14.1. The highest BCUT2D eigenvalue weighted by molar-refractivity contribution is 6.30. The van der Waals surface area contributed by atoms with Gasteiger partial charge >= 0.3 is 0 Å². The molecule has 0 saturated carbocycles. The molecule has 5 nitrogen and oxygen atoms in total. The summed E-state index contributed by atoms with van der Waals surface area (Å²) in [5.41, 5.74) is 0. The number of nitrogens with zero attached hydrogens (tertiary/aromatic N) is 3. The van der Waals surface area contributed by atoms with Gasteiger partial charge in [0.1, 0.15) is 6.04 Å². The lowest BCUT2D eigenvalue weighted by atomic mass is 10.3. The second-order valence-corrected chi connectivity index (χ2v) is 4.57. The number of aromatic nitrogens is 2. The Labute approximate surface area is 113 Å². The molecule has 1 amide bonds. The standard InChI is InChI=1S/C12H21ClN4O/c1-4-16(5-2)7-6-14-12(18)10(3)17-9-11(13)8-15-17/h8-10H,4-7H2,1-3H3,(H,14,18). The van der Waals surface area contributed by atoms with Gasteiger partial charge in [0.05, 0.1) is 11.2 Å². The van der Waals surface area contributed by atoms with Crippen LogP contribution in [-0.2, 0) is 4.79 Å². The number of carbonyl (C=O) groups excluding carboxylic acids is 1. The van der Waals surface area contributed by atoms with Gasteiger partial charge in [0.2, 0.25) is 5.91 Å². The van der Waals surface area contributed by atoms with Crippen molar-refractivity contribution in [1.29, 1.82) is 0 Å². The Kier molecular flexibility index (Phi) is 6.15. The molecule has 1 heterocycles. The van der Waals surface area contributed by atoms with Crippen LogP contribution in [0, 0.1) is 0 Å². The number of rotatable bonds is 7. The van der Waals surface area contributed by atoms with Crippen LogP contribution in [0.2, 0.25) is 5.02 Å². The monoisotopic (exact) mass is 272 g/mol. The molecule has 18 heavy (non-hydrogen) atoms. The Morgan fingerprint density at radius 1 is 1.56 bits per heavy atom. The maximum Gasteiger partial charge on any atom is 0.244 e. The third-order valence-corrected chi connectivity index (χ3v) is 3.16. The molecule has 0 saturated heterocycles. The van der Waals surface area contributed by atoms with Crippen molar-refractivity contribution in [1.82, 2.24) is 20.0 Å². The largest absolute Gasteiger partial charge is 0.353 e. The van der Waals surface area contributed by atoms with Gasteiger partial charge in [-0.05, 0) is 20.0 Å². The van der Waals surface area contributed by atoms with Gasteiger partial charge in [-0.15, -0.1) is 0 Å². The van der Waals surface area contributed by atoms with Crippen LogP contribution in [-0.4, -0.2) is 46.8 Å². The van der Waals surface area contributed by atoms with Crippen molar-refractivity contribution in [3.63, 3.8) is 0 Å². The summed E-state index contributed by atoms with van der Waals surface area (Å²) in [6.07, 6.45) is 3.18. The number of halogens is 1. The molecule has 1 atom stereocenters. The number of likely N-dealkylation sites (N-methyl/N-ethyl adjacent to an activating group) is 1. The van der Waals surface area contributed by atoms with Crippen LogP contribution in [0.1, 0.15) is 26.8 Å². The van der Waals surface area contributed by atoms with Crippen LogP contribution in [0.15, 0.2) is 12.4 Å². The minimum atomic E-state index is -0.339. The van der Waals surface area contributed by atoms with E-state index >= 15 is 0 Å². The lowest BCUT2D eigenvalue weighted by Gasteiger charge is -2.19. The third kappa shape index (κ3) is 4.31. The molecule has 0 bridgehead atoms. The zero-order valence-electron chi connectivity index (χ0n) is 11.2. The molecule has 1 aromatic heterocycles. The number of nitrogens with one attached hydrogen (secondary N) is 1. The number of amides is 1. The van der Waals surface area contributed by atoms with Crippen LogP contribution >= 0.6 is 11.6 Å². The smallest absolute Gasteiger partial charge is 0.244 e. The Hall–Kier alpha value is -1.07. The molecule has 0 radical (unpaired) electrons. The SMILES string of the molecule is CCN(CC)CCNC(=O)C(C)n1cc(Cl)cn1. The predicted molar refractivity (Wildman–Crippen MR) is 72.7 cm³/mol. The van der Waals surface area contributed by atoms with Gasteiger partial charge in [0, 0.05) is 19.3 Å². The average molecular weight is 273 g/mol. The molecule has 1 rings (SSSR count). The summed E-state index contributed by atoms with van der Waals surface area (Å²) in [5, 5.41) is 7.47. The molecule has 0 aliphatic carbocycles. The topological polar surface area (TPSA) is 50.2 Å². The van der Waals surface area contributed by atoms with Crippen molar-refractivity contribution >= 4 is 17.5 Å². The van der Waals surface area contributed by atoms with E-state index in [2.05, 4.69) is 29.2 Å². The molecule has 1 N–H and O–H groups in total. The van der Waals surface area contributed by atoms with Gasteiger partial charge in [0.15, 0.2) is 0 Å². The molecule has 102 valence electrons. The highest BCUT2D eigenvalue weighted by Gasteiger charge is 2.15. The summed E-state index contributed by atoms with van der Waals surface area (Å²) in [6, 6.07) is -0.339. The lowest BCUT2D eigenvalue weighted by Crippen LogP contribution is -2.37. The van der Waals surface area contributed by atoms with Crippen LogP contribution in [0.25, 0.3) is 0 Å². The molecule has 0 fully saturated rings. The summed E-state index contributed by atoms with van der Waals surface area (Å²) in [6.45, 7) is 9.54. The predicted octanol–water partition coefficient (Wildman–Crippen LogP) is 1.56. The van der Waals surface area contributed by atoms with Gasteiger partial charge in [0.25, 0.3) is 0 Å². The molecule has 0 aromatic carbocycles. The van der Waals surface area contributed by atoms with Gasteiger partial charge in [-0.3, -0.25) is 9.48 Å². The average Bonchev–Trinajstić information content (AvgIpc) is 2.80. The Bertz CT molecular complexity index is 376. The van der Waals surface area contributed by atoms with Crippen LogP contribution in [0.4, 0.5) is 0 Å². The Morgan fingerprint density at radius 3 is 2.72 bits per heavy atom. The molecule has 6 heteroatoms. The molecule has 0 spiro atoms. The van der Waals surface area contributed by atoms with E-state index in [4.69, 9.17) is 11.6 Å². The first-order valence-corrected chi connectivity index (χ1v) is 6.66. The minimum absolute atomic E-state index is 0.0399. The molecule has 1 unspecified atom stereocenters. The number of hydrogen-bond donors (Lipinski definition) is 1. The molecular weight excluding hydrogens is 252 g/mol. The van der Waals surface area contributed by atoms with Crippen LogP contribution in [0.5, 0.6) is 0 Å². The first-order valence-electron chi connectivity index (χ1n) is 6.28. The van der Waals surface area contributed by atoms with Crippen LogP contribution in [0.3, 0.4) is 0 Å². The van der Waals surface area contributed by atoms with E-state index in [1.54, 1.807) is 17.8 Å². The van der Waals surface area contributed by atoms with E-state index in [-0.39, 0.29) is 11.9 Å². The van der Waals surface area contributed by atoms with Gasteiger partial charge in [-0.1, -0.05) is 25.4 Å². The van der Waals surface area contributed by atoms with Crippen molar-refractivity contribution in [3.05, 3.63) is 17.4 Å². The third-order valence-electron chi connectivity index (χ3n) is 2.97. The van der Waals surface area contributed by atoms with E-state index in [0.717, 1.165) is 19.6 Å². The molecule has 0 aliphatic heterocycles. The zero-order chi connectivity index (χ0) is 13.5.